The highest BCUT2D eigenvalue weighted by atomic mass is 16.7. The molecule has 0 fully saturated rings. The summed E-state index contributed by atoms with van der Waals surface area (Å²) in [5.41, 5.74) is 1.42. The Hall–Kier alpha value is -3.15. The Morgan fingerprint density at radius 3 is 2.81 bits per heavy atom. The van der Waals surface area contributed by atoms with E-state index >= 15 is 0 Å². The summed E-state index contributed by atoms with van der Waals surface area (Å²) in [4.78, 5) is 12.6. The summed E-state index contributed by atoms with van der Waals surface area (Å²) in [6, 6.07) is 10.5. The largest absolute Gasteiger partial charge is 0.493 e. The van der Waals surface area contributed by atoms with Crippen molar-refractivity contribution >= 4 is 5.91 Å². The van der Waals surface area contributed by atoms with Crippen molar-refractivity contribution in [3.05, 3.63) is 60.2 Å². The van der Waals surface area contributed by atoms with Gasteiger partial charge < -0.3 is 24.3 Å². The summed E-state index contributed by atoms with van der Waals surface area (Å²) in [5.74, 6) is 2.26. The van der Waals surface area contributed by atoms with Gasteiger partial charge in [-0.15, -0.1) is 0 Å². The first-order chi connectivity index (χ1) is 12.6. The summed E-state index contributed by atoms with van der Waals surface area (Å²) < 4.78 is 21.5. The van der Waals surface area contributed by atoms with Gasteiger partial charge in [-0.3, -0.25) is 4.79 Å². The predicted molar refractivity (Wildman–Crippen MR) is 97.1 cm³/mol. The topological polar surface area (TPSA) is 66.0 Å². The quantitative estimate of drug-likeness (QED) is 0.770. The van der Waals surface area contributed by atoms with E-state index in [4.69, 9.17) is 18.9 Å². The minimum absolute atomic E-state index is 0.195. The van der Waals surface area contributed by atoms with Gasteiger partial charge in [0.1, 0.15) is 6.61 Å². The lowest BCUT2D eigenvalue weighted by Gasteiger charge is -2.16. The normalized spacial score (nSPS) is 13.0. The highest BCUT2D eigenvalue weighted by Crippen LogP contribution is 2.34. The van der Waals surface area contributed by atoms with Crippen molar-refractivity contribution in [3.8, 4) is 23.0 Å². The number of hydrogen-bond acceptors (Lipinski definition) is 5. The standard InChI is InChI=1S/C20H21NO5/c1-4-9-24-16-8-6-15(11-18(16)23-3)20(22)21-13(2)14-5-7-17-19(10-14)26-12-25-17/h4-8,10-11,13H,1,9,12H2,2-3H3,(H,21,22). The van der Waals surface area contributed by atoms with Crippen LogP contribution in [0.5, 0.6) is 23.0 Å². The Morgan fingerprint density at radius 2 is 2.04 bits per heavy atom. The van der Waals surface area contributed by atoms with Gasteiger partial charge in [0.15, 0.2) is 23.0 Å². The lowest BCUT2D eigenvalue weighted by atomic mass is 10.1. The number of ether oxygens (including phenoxy) is 4. The minimum Gasteiger partial charge on any atom is -0.493 e. The monoisotopic (exact) mass is 355 g/mol. The second-order valence-electron chi connectivity index (χ2n) is 5.77. The van der Waals surface area contributed by atoms with Crippen LogP contribution in [0.1, 0.15) is 28.9 Å². The first kappa shape index (κ1) is 17.7. The van der Waals surface area contributed by atoms with Crippen LogP contribution in [0.25, 0.3) is 0 Å². The number of amides is 1. The zero-order valence-electron chi connectivity index (χ0n) is 14.8. The van der Waals surface area contributed by atoms with Gasteiger partial charge in [0, 0.05) is 5.56 Å². The molecule has 2 aromatic carbocycles. The molecule has 3 rings (SSSR count). The number of benzene rings is 2. The van der Waals surface area contributed by atoms with Crippen LogP contribution in [-0.4, -0.2) is 26.4 Å². The molecule has 26 heavy (non-hydrogen) atoms. The van der Waals surface area contributed by atoms with Crippen molar-refractivity contribution in [2.75, 3.05) is 20.5 Å². The maximum Gasteiger partial charge on any atom is 0.251 e. The summed E-state index contributed by atoms with van der Waals surface area (Å²) in [6.45, 7) is 6.11. The van der Waals surface area contributed by atoms with Gasteiger partial charge in [-0.25, -0.2) is 0 Å². The Labute approximate surface area is 152 Å². The molecule has 0 bridgehead atoms. The third-order valence-electron chi connectivity index (χ3n) is 4.03. The van der Waals surface area contributed by atoms with Crippen molar-refractivity contribution in [1.29, 1.82) is 0 Å². The van der Waals surface area contributed by atoms with Crippen molar-refractivity contribution in [1.82, 2.24) is 5.32 Å². The first-order valence-electron chi connectivity index (χ1n) is 8.24. The molecule has 0 saturated heterocycles. The smallest absolute Gasteiger partial charge is 0.251 e. The Morgan fingerprint density at radius 1 is 1.23 bits per heavy atom. The molecule has 6 heteroatoms. The highest BCUT2D eigenvalue weighted by Gasteiger charge is 2.18. The molecule has 1 heterocycles. The molecular weight excluding hydrogens is 334 g/mol. The molecule has 1 aliphatic heterocycles. The van der Waals surface area contributed by atoms with E-state index < -0.39 is 0 Å². The second-order valence-corrected chi connectivity index (χ2v) is 5.77. The van der Waals surface area contributed by atoms with Crippen LogP contribution in [0.3, 0.4) is 0 Å². The molecule has 1 unspecified atom stereocenters. The lowest BCUT2D eigenvalue weighted by Crippen LogP contribution is -2.26. The summed E-state index contributed by atoms with van der Waals surface area (Å²) in [7, 11) is 1.53. The highest BCUT2D eigenvalue weighted by molar-refractivity contribution is 5.95. The summed E-state index contributed by atoms with van der Waals surface area (Å²) in [6.07, 6.45) is 1.65. The molecule has 0 radical (unpaired) electrons. The van der Waals surface area contributed by atoms with Gasteiger partial charge in [0.05, 0.1) is 13.2 Å². The van der Waals surface area contributed by atoms with Gasteiger partial charge >= 0.3 is 0 Å². The van der Waals surface area contributed by atoms with Gasteiger partial charge in [-0.1, -0.05) is 18.7 Å². The van der Waals surface area contributed by atoms with Gasteiger partial charge in [0.25, 0.3) is 5.91 Å². The molecule has 0 aromatic heterocycles. The summed E-state index contributed by atoms with van der Waals surface area (Å²) in [5, 5.41) is 2.97. The number of rotatable bonds is 7. The third kappa shape index (κ3) is 3.74. The molecule has 1 N–H and O–H groups in total. The number of fused-ring (bicyclic) bond motifs is 1. The third-order valence-corrected chi connectivity index (χ3v) is 4.03. The average molecular weight is 355 g/mol. The molecule has 0 aliphatic carbocycles. The Kier molecular flexibility index (Phi) is 5.31. The van der Waals surface area contributed by atoms with Gasteiger partial charge in [0.2, 0.25) is 6.79 Å². The minimum atomic E-state index is -0.205. The van der Waals surface area contributed by atoms with Crippen LogP contribution >= 0.6 is 0 Å². The molecule has 6 nitrogen and oxygen atoms in total. The number of nitrogens with one attached hydrogen (secondary N) is 1. The van der Waals surface area contributed by atoms with Crippen molar-refractivity contribution in [3.63, 3.8) is 0 Å². The van der Waals surface area contributed by atoms with Crippen LogP contribution in [0, 0.1) is 0 Å². The molecule has 1 amide bonds. The maximum atomic E-state index is 12.6. The summed E-state index contributed by atoms with van der Waals surface area (Å²) >= 11 is 0. The fourth-order valence-electron chi connectivity index (χ4n) is 2.62. The van der Waals surface area contributed by atoms with Crippen LogP contribution < -0.4 is 24.3 Å². The SMILES string of the molecule is C=CCOc1ccc(C(=O)NC(C)c2ccc3c(c2)OCO3)cc1OC. The van der Waals surface area contributed by atoms with E-state index in [1.54, 1.807) is 24.3 Å². The van der Waals surface area contributed by atoms with E-state index in [1.807, 2.05) is 25.1 Å². The maximum absolute atomic E-state index is 12.6. The number of methoxy groups -OCH3 is 1. The average Bonchev–Trinajstić information content (AvgIpc) is 3.13. The van der Waals surface area contributed by atoms with E-state index in [0.29, 0.717) is 35.2 Å². The Balaban J connectivity index is 1.71. The van der Waals surface area contributed by atoms with E-state index in [1.165, 1.54) is 7.11 Å². The number of hydrogen-bond donors (Lipinski definition) is 1. The van der Waals surface area contributed by atoms with E-state index in [0.717, 1.165) is 5.56 Å². The zero-order valence-corrected chi connectivity index (χ0v) is 14.8. The zero-order chi connectivity index (χ0) is 18.5. The fraction of sp³-hybridized carbons (Fsp3) is 0.250. The van der Waals surface area contributed by atoms with E-state index in [-0.39, 0.29) is 18.7 Å². The second kappa shape index (κ2) is 7.82. The molecule has 1 atom stereocenters. The molecular formula is C20H21NO5. The van der Waals surface area contributed by atoms with E-state index in [9.17, 15) is 4.79 Å². The van der Waals surface area contributed by atoms with E-state index in [2.05, 4.69) is 11.9 Å². The molecule has 0 spiro atoms. The van der Waals surface area contributed by atoms with Crippen molar-refractivity contribution in [2.45, 2.75) is 13.0 Å². The van der Waals surface area contributed by atoms with Crippen LogP contribution in [0.2, 0.25) is 0 Å². The van der Waals surface area contributed by atoms with Crippen LogP contribution in [0.15, 0.2) is 49.1 Å². The van der Waals surface area contributed by atoms with Crippen molar-refractivity contribution < 1.29 is 23.7 Å². The lowest BCUT2D eigenvalue weighted by molar-refractivity contribution is 0.0939. The van der Waals surface area contributed by atoms with Crippen LogP contribution in [0.4, 0.5) is 0 Å². The molecule has 1 aliphatic rings. The number of carbonyl (C=O) groups is 1. The molecule has 0 saturated carbocycles. The van der Waals surface area contributed by atoms with Crippen molar-refractivity contribution in [2.24, 2.45) is 0 Å². The predicted octanol–water partition coefficient (Wildman–Crippen LogP) is 3.48. The fourth-order valence-corrected chi connectivity index (χ4v) is 2.62. The number of carbonyl (C=O) groups excluding carboxylic acids is 1. The molecule has 2 aromatic rings. The first-order valence-corrected chi connectivity index (χ1v) is 8.24. The van der Waals surface area contributed by atoms with Crippen LogP contribution in [-0.2, 0) is 0 Å². The van der Waals surface area contributed by atoms with Gasteiger partial charge in [-0.05, 0) is 42.8 Å². The Bertz CT molecular complexity index is 818. The van der Waals surface area contributed by atoms with Gasteiger partial charge in [-0.2, -0.15) is 0 Å². The molecule has 136 valence electrons.